The number of hydrogen-bond donors (Lipinski definition) is 3. The molecule has 0 unspecified atom stereocenters. The van der Waals surface area contributed by atoms with Crippen molar-refractivity contribution in [2.75, 3.05) is 17.7 Å². The second-order valence-corrected chi connectivity index (χ2v) is 8.85. The van der Waals surface area contributed by atoms with Crippen molar-refractivity contribution in [3.05, 3.63) is 46.1 Å². The number of rotatable bonds is 4. The quantitative estimate of drug-likeness (QED) is 0.551. The van der Waals surface area contributed by atoms with Gasteiger partial charge in [0.15, 0.2) is 0 Å². The van der Waals surface area contributed by atoms with Crippen LogP contribution in [0.2, 0.25) is 0 Å². The number of urea groups is 1. The third kappa shape index (κ3) is 4.67. The fourth-order valence-corrected chi connectivity index (χ4v) is 4.37. The smallest absolute Gasteiger partial charge is 0.319 e. The number of anilines is 2. The molecular formula is C24H29FN6O2. The summed E-state index contributed by atoms with van der Waals surface area (Å²) in [5.74, 6) is 0.527. The predicted molar refractivity (Wildman–Crippen MR) is 128 cm³/mol. The van der Waals surface area contributed by atoms with Gasteiger partial charge in [-0.15, -0.1) is 0 Å². The summed E-state index contributed by atoms with van der Waals surface area (Å²) in [6, 6.07) is 4.19. The molecule has 3 N–H and O–H groups in total. The first kappa shape index (κ1) is 22.7. The molecule has 0 spiro atoms. The van der Waals surface area contributed by atoms with Crippen molar-refractivity contribution in [3.8, 4) is 11.1 Å². The van der Waals surface area contributed by atoms with Gasteiger partial charge in [-0.1, -0.05) is 6.92 Å². The average molecular weight is 453 g/mol. The first-order valence-electron chi connectivity index (χ1n) is 11.2. The van der Waals surface area contributed by atoms with Crippen molar-refractivity contribution in [2.24, 2.45) is 13.0 Å². The molecule has 1 aromatic carbocycles. The molecule has 0 radical (unpaired) electrons. The summed E-state index contributed by atoms with van der Waals surface area (Å²) in [4.78, 5) is 34.2. The Kier molecular flexibility index (Phi) is 6.31. The molecule has 2 amide bonds. The van der Waals surface area contributed by atoms with E-state index in [9.17, 15) is 14.0 Å². The number of amides is 2. The van der Waals surface area contributed by atoms with Gasteiger partial charge in [-0.2, -0.15) is 4.98 Å². The first-order valence-corrected chi connectivity index (χ1v) is 11.2. The van der Waals surface area contributed by atoms with E-state index in [1.54, 1.807) is 33.3 Å². The Morgan fingerprint density at radius 1 is 1.15 bits per heavy atom. The fourth-order valence-electron chi connectivity index (χ4n) is 4.37. The number of aryl methyl sites for hydroxylation is 2. The molecule has 4 rings (SSSR count). The molecule has 33 heavy (non-hydrogen) atoms. The second kappa shape index (κ2) is 9.17. The molecule has 174 valence electrons. The molecule has 2 heterocycles. The molecule has 9 heteroatoms. The summed E-state index contributed by atoms with van der Waals surface area (Å²) in [7, 11) is 3.34. The van der Waals surface area contributed by atoms with Crippen LogP contribution in [0.4, 0.5) is 20.8 Å². The monoisotopic (exact) mass is 452 g/mol. The van der Waals surface area contributed by atoms with Gasteiger partial charge < -0.3 is 16.0 Å². The minimum Gasteiger partial charge on any atom is -0.357 e. The van der Waals surface area contributed by atoms with E-state index in [4.69, 9.17) is 0 Å². The Balaban J connectivity index is 1.66. The van der Waals surface area contributed by atoms with E-state index >= 15 is 0 Å². The number of benzene rings is 1. The molecule has 2 aromatic heterocycles. The molecule has 1 fully saturated rings. The van der Waals surface area contributed by atoms with Crippen molar-refractivity contribution in [2.45, 2.75) is 45.6 Å². The van der Waals surface area contributed by atoms with E-state index in [-0.39, 0.29) is 17.3 Å². The first-order chi connectivity index (χ1) is 15.8. The molecule has 0 saturated heterocycles. The van der Waals surface area contributed by atoms with Gasteiger partial charge in [0.05, 0.1) is 5.69 Å². The van der Waals surface area contributed by atoms with Crippen LogP contribution in [0, 0.1) is 18.7 Å². The zero-order valence-electron chi connectivity index (χ0n) is 19.3. The van der Waals surface area contributed by atoms with Crippen LogP contribution >= 0.6 is 0 Å². The second-order valence-electron chi connectivity index (χ2n) is 8.85. The lowest BCUT2D eigenvalue weighted by molar-refractivity contribution is 0.239. The lowest BCUT2D eigenvalue weighted by Gasteiger charge is -2.27. The number of fused-ring (bicyclic) bond motifs is 1. The van der Waals surface area contributed by atoms with Crippen LogP contribution < -0.4 is 21.5 Å². The standard InChI is InChI=1S/C24H29FN6O2/c1-13-5-7-16(8-6-13)28-24(33)29-20-11-17(14(2)9-19(20)25)18-10-15-12-27-23(26-3)30-21(15)31(4)22(18)32/h9-13,16H,5-8H2,1-4H3,(H,26,27,30)(H2,28,29,33)/t13-,16-. The van der Waals surface area contributed by atoms with Gasteiger partial charge in [-0.3, -0.25) is 9.36 Å². The summed E-state index contributed by atoms with van der Waals surface area (Å²) >= 11 is 0. The summed E-state index contributed by atoms with van der Waals surface area (Å²) in [5, 5.41) is 9.10. The molecule has 1 saturated carbocycles. The van der Waals surface area contributed by atoms with E-state index < -0.39 is 11.8 Å². The zero-order valence-corrected chi connectivity index (χ0v) is 19.3. The van der Waals surface area contributed by atoms with Crippen molar-refractivity contribution in [3.63, 3.8) is 0 Å². The van der Waals surface area contributed by atoms with E-state index in [2.05, 4.69) is 32.8 Å². The van der Waals surface area contributed by atoms with E-state index in [0.29, 0.717) is 39.6 Å². The molecular weight excluding hydrogens is 423 g/mol. The SMILES string of the molecule is CNc1ncc2cc(-c3cc(NC(=O)N[C@H]4CC[C@H](C)CC4)c(F)cc3C)c(=O)n(C)c2n1. The third-order valence-electron chi connectivity index (χ3n) is 6.38. The van der Waals surface area contributed by atoms with Gasteiger partial charge in [0.2, 0.25) is 5.95 Å². The Labute approximate surface area is 191 Å². The van der Waals surface area contributed by atoms with Gasteiger partial charge in [0.25, 0.3) is 5.56 Å². The number of pyridine rings is 1. The van der Waals surface area contributed by atoms with Crippen molar-refractivity contribution < 1.29 is 9.18 Å². The van der Waals surface area contributed by atoms with Gasteiger partial charge in [-0.05, 0) is 67.9 Å². The van der Waals surface area contributed by atoms with Crippen molar-refractivity contribution in [1.82, 2.24) is 19.9 Å². The van der Waals surface area contributed by atoms with Crippen LogP contribution in [0.15, 0.2) is 29.2 Å². The molecule has 3 aromatic rings. The van der Waals surface area contributed by atoms with Gasteiger partial charge in [0.1, 0.15) is 11.5 Å². The lowest BCUT2D eigenvalue weighted by Crippen LogP contribution is -2.40. The maximum absolute atomic E-state index is 14.7. The highest BCUT2D eigenvalue weighted by Crippen LogP contribution is 2.29. The van der Waals surface area contributed by atoms with Crippen LogP contribution in [0.1, 0.15) is 38.2 Å². The number of carbonyl (C=O) groups is 1. The topological polar surface area (TPSA) is 101 Å². The molecule has 0 aliphatic heterocycles. The summed E-state index contributed by atoms with van der Waals surface area (Å²) in [6.45, 7) is 3.94. The zero-order chi connectivity index (χ0) is 23.7. The summed E-state index contributed by atoms with van der Waals surface area (Å²) in [5.41, 5.74) is 1.75. The van der Waals surface area contributed by atoms with Crippen LogP contribution in [-0.2, 0) is 7.05 Å². The summed E-state index contributed by atoms with van der Waals surface area (Å²) < 4.78 is 16.1. The molecule has 8 nitrogen and oxygen atoms in total. The number of halogens is 1. The maximum Gasteiger partial charge on any atom is 0.319 e. The number of nitrogens with one attached hydrogen (secondary N) is 3. The Hall–Kier alpha value is -3.49. The van der Waals surface area contributed by atoms with Gasteiger partial charge in [0, 0.05) is 37.3 Å². The number of aromatic nitrogens is 3. The van der Waals surface area contributed by atoms with Crippen molar-refractivity contribution >= 4 is 28.7 Å². The Bertz CT molecular complexity index is 1260. The highest BCUT2D eigenvalue weighted by Gasteiger charge is 2.21. The highest BCUT2D eigenvalue weighted by atomic mass is 19.1. The molecule has 1 aliphatic carbocycles. The average Bonchev–Trinajstić information content (AvgIpc) is 2.79. The maximum atomic E-state index is 14.7. The fraction of sp³-hybridized carbons (Fsp3) is 0.417. The van der Waals surface area contributed by atoms with Crippen LogP contribution in [0.3, 0.4) is 0 Å². The predicted octanol–water partition coefficient (Wildman–Crippen LogP) is 4.18. The Morgan fingerprint density at radius 2 is 1.88 bits per heavy atom. The molecule has 0 bridgehead atoms. The number of carbonyl (C=O) groups excluding carboxylic acids is 1. The molecule has 1 aliphatic rings. The van der Waals surface area contributed by atoms with Crippen LogP contribution in [0.25, 0.3) is 22.2 Å². The summed E-state index contributed by atoms with van der Waals surface area (Å²) in [6.07, 6.45) is 5.60. The van der Waals surface area contributed by atoms with Gasteiger partial charge >= 0.3 is 6.03 Å². The normalized spacial score (nSPS) is 18.2. The van der Waals surface area contributed by atoms with E-state index in [1.807, 2.05) is 0 Å². The largest absolute Gasteiger partial charge is 0.357 e. The Morgan fingerprint density at radius 3 is 2.58 bits per heavy atom. The number of hydrogen-bond acceptors (Lipinski definition) is 5. The molecule has 0 atom stereocenters. The minimum absolute atomic E-state index is 0.0289. The van der Waals surface area contributed by atoms with Crippen LogP contribution in [0.5, 0.6) is 0 Å². The third-order valence-corrected chi connectivity index (χ3v) is 6.38. The highest BCUT2D eigenvalue weighted by molar-refractivity contribution is 5.91. The van der Waals surface area contributed by atoms with Crippen molar-refractivity contribution in [1.29, 1.82) is 0 Å². The van der Waals surface area contributed by atoms with E-state index in [1.165, 1.54) is 16.7 Å². The number of nitrogens with zero attached hydrogens (tertiary/aromatic N) is 3. The lowest BCUT2D eigenvalue weighted by atomic mass is 9.87. The van der Waals surface area contributed by atoms with E-state index in [0.717, 1.165) is 25.7 Å². The minimum atomic E-state index is -0.553. The van der Waals surface area contributed by atoms with Crippen LogP contribution in [-0.4, -0.2) is 33.7 Å². The van der Waals surface area contributed by atoms with Gasteiger partial charge in [-0.25, -0.2) is 14.2 Å².